The zero-order chi connectivity index (χ0) is 29.3. The van der Waals surface area contributed by atoms with Gasteiger partial charge in [0.1, 0.15) is 11.4 Å². The number of nitrogens with two attached hydrogens (primary N) is 1. The van der Waals surface area contributed by atoms with Crippen molar-refractivity contribution in [3.8, 4) is 11.4 Å². The molecule has 0 saturated heterocycles. The molecular weight excluding hydrogens is 569 g/mol. The number of nitrogens with one attached hydrogen (secondary N) is 1. The average molecular weight is 594 g/mol. The Labute approximate surface area is 244 Å². The van der Waals surface area contributed by atoms with Crippen LogP contribution in [-0.4, -0.2) is 45.4 Å². The summed E-state index contributed by atoms with van der Waals surface area (Å²) >= 11 is 12.1. The van der Waals surface area contributed by atoms with Gasteiger partial charge in [-0.25, -0.2) is 4.79 Å². The van der Waals surface area contributed by atoms with Gasteiger partial charge in [0.15, 0.2) is 0 Å². The van der Waals surface area contributed by atoms with Crippen LogP contribution in [-0.2, 0) is 19.6 Å². The number of ether oxygens (including phenoxy) is 1. The molecule has 3 N–H and O–H groups in total. The maximum absolute atomic E-state index is 13.7. The molecule has 5 rings (SSSR count). The topological polar surface area (TPSA) is 129 Å². The van der Waals surface area contributed by atoms with Crippen molar-refractivity contribution in [1.29, 1.82) is 0 Å². The van der Waals surface area contributed by atoms with E-state index in [9.17, 15) is 19.2 Å². The van der Waals surface area contributed by atoms with Crippen LogP contribution in [0.2, 0.25) is 10.0 Å². The fourth-order valence-corrected chi connectivity index (χ4v) is 5.05. The Bertz CT molecular complexity index is 1730. The van der Waals surface area contributed by atoms with Crippen LogP contribution in [0.15, 0.2) is 71.5 Å². The zero-order valence-corrected chi connectivity index (χ0v) is 23.4. The molecule has 12 heteroatoms. The first-order chi connectivity index (χ1) is 19.7. The maximum Gasteiger partial charge on any atom is 0.333 e. The first-order valence-electron chi connectivity index (χ1n) is 12.6. The molecule has 1 aliphatic heterocycles. The number of amides is 3. The summed E-state index contributed by atoms with van der Waals surface area (Å²) in [4.78, 5) is 53.9. The molecule has 0 aliphatic carbocycles. The smallest absolute Gasteiger partial charge is 0.333 e. The fraction of sp³-hybridized carbons (Fsp3) is 0.172. The molecule has 0 spiro atoms. The summed E-state index contributed by atoms with van der Waals surface area (Å²) in [6.07, 6.45) is 0. The number of imidazole rings is 1. The average Bonchev–Trinajstić information content (AvgIpc) is 3.28. The fourth-order valence-electron chi connectivity index (χ4n) is 4.75. The van der Waals surface area contributed by atoms with Crippen LogP contribution in [0.5, 0.6) is 5.75 Å². The van der Waals surface area contributed by atoms with Crippen molar-refractivity contribution in [2.45, 2.75) is 19.6 Å². The van der Waals surface area contributed by atoms with E-state index in [4.69, 9.17) is 33.7 Å². The Hall–Kier alpha value is -4.54. The normalized spacial score (nSPS) is 12.5. The molecule has 4 aromatic rings. The second kappa shape index (κ2) is 11.5. The lowest BCUT2D eigenvalue weighted by atomic mass is 10.1. The highest BCUT2D eigenvalue weighted by atomic mass is 35.5. The van der Waals surface area contributed by atoms with Gasteiger partial charge in [-0.1, -0.05) is 35.3 Å². The van der Waals surface area contributed by atoms with Gasteiger partial charge in [0.05, 0.1) is 35.1 Å². The second-order valence-corrected chi connectivity index (χ2v) is 10.2. The molecule has 0 bridgehead atoms. The van der Waals surface area contributed by atoms with Crippen LogP contribution >= 0.6 is 23.2 Å². The quantitative estimate of drug-likeness (QED) is 0.338. The largest absolute Gasteiger partial charge is 0.497 e. The van der Waals surface area contributed by atoms with Crippen molar-refractivity contribution in [1.82, 2.24) is 19.4 Å². The Morgan fingerprint density at radius 1 is 0.951 bits per heavy atom. The van der Waals surface area contributed by atoms with Crippen molar-refractivity contribution in [3.63, 3.8) is 0 Å². The van der Waals surface area contributed by atoms with E-state index in [2.05, 4.69) is 5.32 Å². The van der Waals surface area contributed by atoms with Crippen molar-refractivity contribution < 1.29 is 19.1 Å². The van der Waals surface area contributed by atoms with E-state index in [-0.39, 0.29) is 42.8 Å². The minimum atomic E-state index is -0.584. The van der Waals surface area contributed by atoms with Crippen LogP contribution in [0.3, 0.4) is 0 Å². The van der Waals surface area contributed by atoms with Gasteiger partial charge in [0, 0.05) is 30.8 Å². The lowest BCUT2D eigenvalue weighted by Gasteiger charge is -2.28. The Balaban J connectivity index is 1.52. The minimum absolute atomic E-state index is 0.0113. The molecule has 3 aromatic carbocycles. The highest BCUT2D eigenvalue weighted by molar-refractivity contribution is 6.42. The summed E-state index contributed by atoms with van der Waals surface area (Å²) in [5, 5.41) is 3.42. The lowest BCUT2D eigenvalue weighted by molar-refractivity contribution is 0.0706. The summed E-state index contributed by atoms with van der Waals surface area (Å²) in [6, 6.07) is 17.9. The van der Waals surface area contributed by atoms with Crippen LogP contribution in [0.25, 0.3) is 5.69 Å². The third-order valence-corrected chi connectivity index (χ3v) is 7.58. The third kappa shape index (κ3) is 5.57. The molecule has 41 heavy (non-hydrogen) atoms. The highest BCUT2D eigenvalue weighted by Crippen LogP contribution is 2.26. The molecule has 1 aromatic heterocycles. The van der Waals surface area contributed by atoms with Gasteiger partial charge >= 0.3 is 5.69 Å². The van der Waals surface area contributed by atoms with E-state index in [1.165, 1.54) is 22.3 Å². The number of carbonyl (C=O) groups is 3. The van der Waals surface area contributed by atoms with Gasteiger partial charge in [-0.15, -0.1) is 0 Å². The standard InChI is InChI=1S/C29H25Cl2N5O5/c1-41-21-8-6-20(7-9-21)36-25(27(38)33-15-17-3-2-4-18(13-17)26(32)37)24-16-34(11-12-35(24)29(36)40)28(39)19-5-10-22(30)23(31)14-19/h2-10,13-14H,11-12,15-16H2,1H3,(H2,32,37)(H,33,38). The van der Waals surface area contributed by atoms with Crippen LogP contribution in [0.4, 0.5) is 0 Å². The number of hydrogen-bond acceptors (Lipinski definition) is 5. The predicted molar refractivity (Wildman–Crippen MR) is 154 cm³/mol. The highest BCUT2D eigenvalue weighted by Gasteiger charge is 2.32. The molecule has 0 unspecified atom stereocenters. The molecule has 0 atom stereocenters. The van der Waals surface area contributed by atoms with Gasteiger partial charge in [0.2, 0.25) is 5.91 Å². The number of fused-ring (bicyclic) bond motifs is 1. The molecular formula is C29H25Cl2N5O5. The monoisotopic (exact) mass is 593 g/mol. The maximum atomic E-state index is 13.7. The number of benzene rings is 3. The van der Waals surface area contributed by atoms with Crippen molar-refractivity contribution >= 4 is 40.9 Å². The third-order valence-electron chi connectivity index (χ3n) is 6.84. The number of halogens is 2. The SMILES string of the molecule is COc1ccc(-n2c(C(=O)NCc3cccc(C(N)=O)c3)c3n(c2=O)CCN(C(=O)c2ccc(Cl)c(Cl)c2)C3)cc1. The molecule has 210 valence electrons. The number of carbonyl (C=O) groups excluding carboxylic acids is 3. The molecule has 3 amide bonds. The van der Waals surface area contributed by atoms with Crippen molar-refractivity contribution in [2.24, 2.45) is 5.73 Å². The number of aromatic nitrogens is 2. The first kappa shape index (κ1) is 28.0. The number of primary amides is 1. The number of methoxy groups -OCH3 is 1. The molecule has 0 saturated carbocycles. The van der Waals surface area contributed by atoms with Crippen LogP contribution < -0.4 is 21.5 Å². The van der Waals surface area contributed by atoms with E-state index >= 15 is 0 Å². The van der Waals surface area contributed by atoms with Crippen molar-refractivity contribution in [3.05, 3.63) is 115 Å². The zero-order valence-electron chi connectivity index (χ0n) is 21.9. The molecule has 0 radical (unpaired) electrons. The van der Waals surface area contributed by atoms with Gasteiger partial charge in [-0.3, -0.25) is 23.5 Å². The molecule has 10 nitrogen and oxygen atoms in total. The van der Waals surface area contributed by atoms with Crippen LogP contribution in [0, 0.1) is 0 Å². The van der Waals surface area contributed by atoms with E-state index in [0.29, 0.717) is 38.8 Å². The first-order valence-corrected chi connectivity index (χ1v) is 13.3. The molecule has 2 heterocycles. The Morgan fingerprint density at radius 2 is 1.71 bits per heavy atom. The van der Waals surface area contributed by atoms with E-state index in [0.717, 1.165) is 0 Å². The summed E-state index contributed by atoms with van der Waals surface area (Å²) < 4.78 is 8.08. The minimum Gasteiger partial charge on any atom is -0.497 e. The second-order valence-electron chi connectivity index (χ2n) is 9.37. The van der Waals surface area contributed by atoms with Gasteiger partial charge in [-0.2, -0.15) is 0 Å². The van der Waals surface area contributed by atoms with E-state index in [1.807, 2.05) is 0 Å². The van der Waals surface area contributed by atoms with E-state index < -0.39 is 17.5 Å². The van der Waals surface area contributed by atoms with Crippen LogP contribution in [0.1, 0.15) is 42.5 Å². The van der Waals surface area contributed by atoms with Gasteiger partial charge in [-0.05, 0) is 60.2 Å². The summed E-state index contributed by atoms with van der Waals surface area (Å²) in [5.74, 6) is -0.835. The summed E-state index contributed by atoms with van der Waals surface area (Å²) in [6.45, 7) is 0.523. The van der Waals surface area contributed by atoms with Crippen molar-refractivity contribution in [2.75, 3.05) is 13.7 Å². The number of hydrogen-bond donors (Lipinski definition) is 2. The van der Waals surface area contributed by atoms with Gasteiger partial charge in [0.25, 0.3) is 11.8 Å². The number of nitrogens with zero attached hydrogens (tertiary/aromatic N) is 3. The predicted octanol–water partition coefficient (Wildman–Crippen LogP) is 3.64. The summed E-state index contributed by atoms with van der Waals surface area (Å²) in [5.41, 5.74) is 7.21. The Morgan fingerprint density at radius 3 is 2.39 bits per heavy atom. The lowest BCUT2D eigenvalue weighted by Crippen LogP contribution is -2.41. The Kier molecular flexibility index (Phi) is 7.87. The summed E-state index contributed by atoms with van der Waals surface area (Å²) in [7, 11) is 1.53. The molecule has 0 fully saturated rings. The molecule has 1 aliphatic rings. The van der Waals surface area contributed by atoms with Gasteiger partial charge < -0.3 is 20.7 Å². The number of rotatable bonds is 7. The van der Waals surface area contributed by atoms with E-state index in [1.54, 1.807) is 65.6 Å².